The lowest BCUT2D eigenvalue weighted by Gasteiger charge is -2.14. The molecule has 1 heterocycles. The third-order valence-electron chi connectivity index (χ3n) is 2.95. The molecule has 0 radical (unpaired) electrons. The zero-order chi connectivity index (χ0) is 15.5. The molecule has 0 spiro atoms. The maximum Gasteiger partial charge on any atom is 0.270 e. The predicted octanol–water partition coefficient (Wildman–Crippen LogP) is 4.81. The first-order valence-electron chi connectivity index (χ1n) is 6.41. The van der Waals surface area contributed by atoms with E-state index in [1.807, 2.05) is 30.3 Å². The number of rotatable bonds is 3. The van der Waals surface area contributed by atoms with Crippen molar-refractivity contribution >= 4 is 57.2 Å². The molecule has 4 nitrogen and oxygen atoms in total. The smallest absolute Gasteiger partial charge is 0.270 e. The Labute approximate surface area is 142 Å². The first-order chi connectivity index (χ1) is 10.6. The van der Waals surface area contributed by atoms with Gasteiger partial charge in [0.15, 0.2) is 0 Å². The van der Waals surface area contributed by atoms with Gasteiger partial charge in [0.1, 0.15) is 4.32 Å². The zero-order valence-corrected chi connectivity index (χ0v) is 13.6. The van der Waals surface area contributed by atoms with E-state index < -0.39 is 5.37 Å². The molecule has 0 bridgehead atoms. The molecule has 0 aliphatic carbocycles. The first-order valence-corrected chi connectivity index (χ1v) is 8.08. The number of hydrogen-bond donors (Lipinski definition) is 0. The van der Waals surface area contributed by atoms with Gasteiger partial charge in [-0.15, -0.1) is 0 Å². The van der Waals surface area contributed by atoms with E-state index in [-0.39, 0.29) is 5.91 Å². The van der Waals surface area contributed by atoms with Crippen molar-refractivity contribution < 1.29 is 4.79 Å². The maximum atomic E-state index is 12.4. The van der Waals surface area contributed by atoms with E-state index in [0.717, 1.165) is 5.69 Å². The highest BCUT2D eigenvalue weighted by atomic mass is 35.5. The van der Waals surface area contributed by atoms with E-state index in [9.17, 15) is 4.79 Å². The van der Waals surface area contributed by atoms with Gasteiger partial charge < -0.3 is 0 Å². The van der Waals surface area contributed by atoms with Crippen LogP contribution >= 0.6 is 35.6 Å². The van der Waals surface area contributed by atoms with Crippen LogP contribution in [0.5, 0.6) is 0 Å². The summed E-state index contributed by atoms with van der Waals surface area (Å²) in [5, 5.41) is 8.15. The highest BCUT2D eigenvalue weighted by Crippen LogP contribution is 2.33. The Balaban J connectivity index is 1.78. The molecule has 3 rings (SSSR count). The van der Waals surface area contributed by atoms with Gasteiger partial charge in [-0.1, -0.05) is 53.8 Å². The number of anilines is 1. The van der Waals surface area contributed by atoms with Crippen LogP contribution < -0.4 is 4.90 Å². The van der Waals surface area contributed by atoms with E-state index in [1.54, 1.807) is 24.3 Å². The van der Waals surface area contributed by atoms with Crippen molar-refractivity contribution in [2.45, 2.75) is 5.37 Å². The molecule has 0 saturated carbocycles. The van der Waals surface area contributed by atoms with Gasteiger partial charge in [-0.25, -0.2) is 0 Å². The molecule has 0 N–H and O–H groups in total. The Hall–Kier alpha value is -1.76. The monoisotopic (exact) mass is 347 g/mol. The minimum absolute atomic E-state index is 0.182. The lowest BCUT2D eigenvalue weighted by Crippen LogP contribution is -2.30. The third-order valence-corrected chi connectivity index (χ3v) is 4.57. The average Bonchev–Trinajstić information content (AvgIpc) is 2.82. The number of amides is 1. The lowest BCUT2D eigenvalue weighted by molar-refractivity contribution is -0.116. The van der Waals surface area contributed by atoms with Gasteiger partial charge in [0.05, 0.1) is 11.4 Å². The van der Waals surface area contributed by atoms with Crippen molar-refractivity contribution in [3.63, 3.8) is 0 Å². The van der Waals surface area contributed by atoms with E-state index in [0.29, 0.717) is 15.0 Å². The summed E-state index contributed by atoms with van der Waals surface area (Å²) in [6, 6.07) is 16.2. The van der Waals surface area contributed by atoms with Crippen LogP contribution in [-0.4, -0.2) is 15.6 Å². The second-order valence-corrected chi connectivity index (χ2v) is 6.59. The number of para-hydroxylation sites is 1. The molecule has 1 fully saturated rings. The van der Waals surface area contributed by atoms with Crippen molar-refractivity contribution in [3.8, 4) is 0 Å². The van der Waals surface area contributed by atoms with E-state index in [1.165, 1.54) is 16.7 Å². The van der Waals surface area contributed by atoms with Gasteiger partial charge in [0, 0.05) is 5.02 Å². The lowest BCUT2D eigenvalue weighted by atomic mass is 10.3. The van der Waals surface area contributed by atoms with Gasteiger partial charge >= 0.3 is 0 Å². The van der Waals surface area contributed by atoms with Crippen molar-refractivity contribution in [3.05, 3.63) is 59.6 Å². The van der Waals surface area contributed by atoms with Crippen LogP contribution in [0.3, 0.4) is 0 Å². The fourth-order valence-electron chi connectivity index (χ4n) is 1.91. The second-order valence-electron chi connectivity index (χ2n) is 4.44. The van der Waals surface area contributed by atoms with Crippen LogP contribution in [-0.2, 0) is 4.79 Å². The van der Waals surface area contributed by atoms with E-state index in [4.69, 9.17) is 23.8 Å². The quantitative estimate of drug-likeness (QED) is 0.591. The third kappa shape index (κ3) is 3.19. The van der Waals surface area contributed by atoms with Gasteiger partial charge in [0.25, 0.3) is 5.91 Å². The molecule has 2 aromatic rings. The van der Waals surface area contributed by atoms with Crippen LogP contribution in [0.25, 0.3) is 0 Å². The van der Waals surface area contributed by atoms with E-state index in [2.05, 4.69) is 10.2 Å². The summed E-state index contributed by atoms with van der Waals surface area (Å²) in [5.74, 6) is -0.182. The van der Waals surface area contributed by atoms with Crippen LogP contribution in [0, 0.1) is 0 Å². The molecule has 1 unspecified atom stereocenters. The molecule has 7 heteroatoms. The Morgan fingerprint density at radius 1 is 1.09 bits per heavy atom. The summed E-state index contributed by atoms with van der Waals surface area (Å²) in [6.45, 7) is 0. The number of thiocarbonyl (C=S) groups is 1. The molecule has 110 valence electrons. The van der Waals surface area contributed by atoms with Crippen molar-refractivity contribution in [1.82, 2.24) is 0 Å². The number of nitrogens with zero attached hydrogens (tertiary/aromatic N) is 3. The number of azo groups is 1. The maximum absolute atomic E-state index is 12.4. The second kappa shape index (κ2) is 6.56. The molecule has 1 saturated heterocycles. The number of carbonyl (C=O) groups is 1. The molecule has 22 heavy (non-hydrogen) atoms. The summed E-state index contributed by atoms with van der Waals surface area (Å²) in [4.78, 5) is 13.9. The Morgan fingerprint density at radius 3 is 2.45 bits per heavy atom. The highest BCUT2D eigenvalue weighted by molar-refractivity contribution is 8.25. The molecule has 1 aliphatic heterocycles. The molecule has 1 atom stereocenters. The summed E-state index contributed by atoms with van der Waals surface area (Å²) in [7, 11) is 0. The minimum Gasteiger partial charge on any atom is -0.270 e. The fraction of sp³-hybridized carbons (Fsp3) is 0.0667. The van der Waals surface area contributed by atoms with E-state index >= 15 is 0 Å². The molecule has 1 aliphatic rings. The molecule has 2 aromatic carbocycles. The normalized spacial score (nSPS) is 18.4. The number of thioether (sulfide) groups is 1. The standard InChI is InChI=1S/C15H10ClN3OS2/c16-10-6-8-11(9-7-10)17-18-13-14(20)19(15(21)22-13)12-4-2-1-3-5-12/h1-9,13H. The number of halogens is 1. The molecule has 1 amide bonds. The van der Waals surface area contributed by atoms with Gasteiger partial charge in [-0.3, -0.25) is 9.69 Å². The highest BCUT2D eigenvalue weighted by Gasteiger charge is 2.38. The van der Waals surface area contributed by atoms with Crippen molar-refractivity contribution in [1.29, 1.82) is 0 Å². The summed E-state index contributed by atoms with van der Waals surface area (Å²) < 4.78 is 0.483. The molecule has 0 aromatic heterocycles. The van der Waals surface area contributed by atoms with Crippen LogP contribution in [0.4, 0.5) is 11.4 Å². The molecular weight excluding hydrogens is 338 g/mol. The Bertz CT molecular complexity index is 734. The van der Waals surface area contributed by atoms with Gasteiger partial charge in [-0.05, 0) is 36.4 Å². The van der Waals surface area contributed by atoms with Crippen LogP contribution in [0.2, 0.25) is 5.02 Å². The SMILES string of the molecule is O=C1C(N=Nc2ccc(Cl)cc2)SC(=S)N1c1ccccc1. The fourth-order valence-corrected chi connectivity index (χ4v) is 3.30. The summed E-state index contributed by atoms with van der Waals surface area (Å²) in [5.41, 5.74) is 1.39. The minimum atomic E-state index is -0.650. The average molecular weight is 348 g/mol. The summed E-state index contributed by atoms with van der Waals surface area (Å²) >= 11 is 12.3. The Kier molecular flexibility index (Phi) is 4.52. The number of hydrogen-bond acceptors (Lipinski definition) is 5. The molecular formula is C15H10ClN3OS2. The number of benzene rings is 2. The largest absolute Gasteiger partial charge is 0.270 e. The van der Waals surface area contributed by atoms with Gasteiger partial charge in [-0.2, -0.15) is 10.2 Å². The predicted molar refractivity (Wildman–Crippen MR) is 93.9 cm³/mol. The van der Waals surface area contributed by atoms with Gasteiger partial charge in [0.2, 0.25) is 5.37 Å². The summed E-state index contributed by atoms with van der Waals surface area (Å²) in [6.07, 6.45) is 0. The Morgan fingerprint density at radius 2 is 1.77 bits per heavy atom. The van der Waals surface area contributed by atoms with Crippen molar-refractivity contribution in [2.75, 3.05) is 4.90 Å². The van der Waals surface area contributed by atoms with Crippen molar-refractivity contribution in [2.24, 2.45) is 10.2 Å². The zero-order valence-electron chi connectivity index (χ0n) is 11.2. The van der Waals surface area contributed by atoms with Crippen LogP contribution in [0.15, 0.2) is 64.8 Å². The number of carbonyl (C=O) groups excluding carboxylic acids is 1. The topological polar surface area (TPSA) is 45.0 Å². The first kappa shape index (κ1) is 15.1. The van der Waals surface area contributed by atoms with Crippen LogP contribution in [0.1, 0.15) is 0 Å².